The number of aromatic carboxylic acids is 1. The van der Waals surface area contributed by atoms with Crippen molar-refractivity contribution in [3.63, 3.8) is 0 Å². The lowest BCUT2D eigenvalue weighted by atomic mass is 9.89. The first-order valence-electron chi connectivity index (χ1n) is 9.02. The average molecular weight is 414 g/mol. The molecule has 28 heavy (non-hydrogen) atoms. The van der Waals surface area contributed by atoms with E-state index >= 15 is 0 Å². The first kappa shape index (κ1) is 18.9. The highest BCUT2D eigenvalue weighted by molar-refractivity contribution is 8.00. The highest BCUT2D eigenvalue weighted by atomic mass is 32.2. The predicted molar refractivity (Wildman–Crippen MR) is 111 cm³/mol. The van der Waals surface area contributed by atoms with Crippen LogP contribution in [-0.4, -0.2) is 32.7 Å². The highest BCUT2D eigenvalue weighted by Crippen LogP contribution is 2.40. The molecule has 0 fully saturated rings. The largest absolute Gasteiger partial charge is 0.478 e. The number of thioether (sulfide) groups is 1. The second-order valence-electron chi connectivity index (χ2n) is 6.93. The van der Waals surface area contributed by atoms with Gasteiger partial charge in [0.05, 0.1) is 11.3 Å². The Balaban J connectivity index is 1.49. The van der Waals surface area contributed by atoms with E-state index in [1.807, 2.05) is 0 Å². The van der Waals surface area contributed by atoms with Crippen LogP contribution >= 0.6 is 23.1 Å². The summed E-state index contributed by atoms with van der Waals surface area (Å²) in [5.74, 6) is -0.329. The molecular formula is C20H19N3O3S2. The fourth-order valence-corrected chi connectivity index (χ4v) is 5.66. The number of carbonyl (C=O) groups is 2. The summed E-state index contributed by atoms with van der Waals surface area (Å²) in [7, 11) is 0. The summed E-state index contributed by atoms with van der Waals surface area (Å²) in [6, 6.07) is 6.22. The SMILES string of the molecule is CC1CCc2c(sc3ncnc(SCC(=O)Nc4cccc(C(=O)O)c4)c23)C1. The van der Waals surface area contributed by atoms with E-state index in [1.165, 1.54) is 34.3 Å². The maximum Gasteiger partial charge on any atom is 0.335 e. The minimum absolute atomic E-state index is 0.141. The van der Waals surface area contributed by atoms with Crippen molar-refractivity contribution >= 4 is 50.9 Å². The molecule has 0 aliphatic heterocycles. The Morgan fingerprint density at radius 2 is 2.21 bits per heavy atom. The molecule has 144 valence electrons. The minimum Gasteiger partial charge on any atom is -0.478 e. The van der Waals surface area contributed by atoms with Crippen LogP contribution in [0.1, 0.15) is 34.1 Å². The summed E-state index contributed by atoms with van der Waals surface area (Å²) in [6.45, 7) is 2.28. The lowest BCUT2D eigenvalue weighted by molar-refractivity contribution is -0.113. The number of aryl methyl sites for hydroxylation is 1. The van der Waals surface area contributed by atoms with E-state index in [0.717, 1.165) is 34.5 Å². The summed E-state index contributed by atoms with van der Waals surface area (Å²) >= 11 is 3.13. The Hall–Kier alpha value is -2.45. The van der Waals surface area contributed by atoms with Crippen LogP contribution < -0.4 is 5.32 Å². The van der Waals surface area contributed by atoms with Gasteiger partial charge in [0.2, 0.25) is 5.91 Å². The molecule has 0 spiro atoms. The number of aromatic nitrogens is 2. The number of hydrogen-bond acceptors (Lipinski definition) is 6. The van der Waals surface area contributed by atoms with Gasteiger partial charge in [0.25, 0.3) is 0 Å². The minimum atomic E-state index is -1.02. The third kappa shape index (κ3) is 3.88. The topological polar surface area (TPSA) is 92.2 Å². The Kier molecular flexibility index (Phi) is 5.32. The van der Waals surface area contributed by atoms with Gasteiger partial charge in [-0.1, -0.05) is 24.8 Å². The summed E-state index contributed by atoms with van der Waals surface area (Å²) in [4.78, 5) is 34.6. The van der Waals surface area contributed by atoms with Gasteiger partial charge in [-0.2, -0.15) is 0 Å². The molecule has 2 heterocycles. The lowest BCUT2D eigenvalue weighted by Gasteiger charge is -2.18. The van der Waals surface area contributed by atoms with Crippen molar-refractivity contribution in [2.45, 2.75) is 31.2 Å². The third-order valence-corrected chi connectivity index (χ3v) is 6.94. The summed E-state index contributed by atoms with van der Waals surface area (Å²) < 4.78 is 0. The molecule has 0 bridgehead atoms. The number of thiophene rings is 1. The molecule has 1 amide bonds. The van der Waals surface area contributed by atoms with Crippen LogP contribution in [0.15, 0.2) is 35.6 Å². The van der Waals surface area contributed by atoms with Crippen molar-refractivity contribution in [3.8, 4) is 0 Å². The number of nitrogens with one attached hydrogen (secondary N) is 1. The molecular weight excluding hydrogens is 394 g/mol. The number of carbonyl (C=O) groups excluding carboxylic acids is 1. The Labute approximate surface area is 170 Å². The van der Waals surface area contributed by atoms with Gasteiger partial charge in [0.1, 0.15) is 16.2 Å². The van der Waals surface area contributed by atoms with Gasteiger partial charge >= 0.3 is 5.97 Å². The maximum atomic E-state index is 12.4. The van der Waals surface area contributed by atoms with E-state index in [2.05, 4.69) is 22.2 Å². The molecule has 2 N–H and O–H groups in total. The Morgan fingerprint density at radius 3 is 3.04 bits per heavy atom. The number of benzene rings is 1. The number of fused-ring (bicyclic) bond motifs is 3. The van der Waals surface area contributed by atoms with Gasteiger partial charge in [-0.15, -0.1) is 11.3 Å². The van der Waals surface area contributed by atoms with E-state index in [-0.39, 0.29) is 17.2 Å². The molecule has 1 aromatic carbocycles. The Bertz CT molecular complexity index is 1060. The van der Waals surface area contributed by atoms with Crippen LogP contribution in [0.4, 0.5) is 5.69 Å². The van der Waals surface area contributed by atoms with Crippen molar-refractivity contribution < 1.29 is 14.7 Å². The maximum absolute atomic E-state index is 12.4. The molecule has 1 aliphatic rings. The van der Waals surface area contributed by atoms with Crippen molar-refractivity contribution in [3.05, 3.63) is 46.6 Å². The molecule has 6 nitrogen and oxygen atoms in total. The summed E-state index contributed by atoms with van der Waals surface area (Å²) in [5.41, 5.74) is 1.96. The van der Waals surface area contributed by atoms with E-state index in [9.17, 15) is 9.59 Å². The fraction of sp³-hybridized carbons (Fsp3) is 0.300. The molecule has 8 heteroatoms. The van der Waals surface area contributed by atoms with Crippen molar-refractivity contribution in [2.75, 3.05) is 11.1 Å². The highest BCUT2D eigenvalue weighted by Gasteiger charge is 2.23. The van der Waals surface area contributed by atoms with E-state index in [0.29, 0.717) is 11.6 Å². The zero-order valence-corrected chi connectivity index (χ0v) is 16.9. The molecule has 0 saturated heterocycles. The zero-order valence-electron chi connectivity index (χ0n) is 15.3. The fourth-order valence-electron chi connectivity index (χ4n) is 3.42. The van der Waals surface area contributed by atoms with Crippen LogP contribution in [0.5, 0.6) is 0 Å². The third-order valence-electron chi connectivity index (χ3n) is 4.79. The zero-order chi connectivity index (χ0) is 19.7. The van der Waals surface area contributed by atoms with Gasteiger partial charge in [0, 0.05) is 16.0 Å². The molecule has 1 unspecified atom stereocenters. The van der Waals surface area contributed by atoms with E-state index in [1.54, 1.807) is 29.8 Å². The van der Waals surface area contributed by atoms with Crippen molar-refractivity contribution in [1.29, 1.82) is 0 Å². The first-order chi connectivity index (χ1) is 13.5. The average Bonchev–Trinajstić information content (AvgIpc) is 3.04. The quantitative estimate of drug-likeness (QED) is 0.480. The van der Waals surface area contributed by atoms with Gasteiger partial charge < -0.3 is 10.4 Å². The monoisotopic (exact) mass is 413 g/mol. The smallest absolute Gasteiger partial charge is 0.335 e. The number of carboxylic acids is 1. The number of rotatable bonds is 5. The number of amides is 1. The lowest BCUT2D eigenvalue weighted by Crippen LogP contribution is -2.14. The van der Waals surface area contributed by atoms with Gasteiger partial charge in [0.15, 0.2) is 0 Å². The van der Waals surface area contributed by atoms with Gasteiger partial charge in [-0.3, -0.25) is 4.79 Å². The summed E-state index contributed by atoms with van der Waals surface area (Å²) in [6.07, 6.45) is 4.84. The van der Waals surface area contributed by atoms with Crippen LogP contribution in [0.2, 0.25) is 0 Å². The number of carboxylic acid groups (broad SMARTS) is 1. The number of anilines is 1. The number of hydrogen-bond donors (Lipinski definition) is 2. The molecule has 0 radical (unpaired) electrons. The van der Waals surface area contributed by atoms with Crippen LogP contribution in [0, 0.1) is 5.92 Å². The first-order valence-corrected chi connectivity index (χ1v) is 10.8. The van der Waals surface area contributed by atoms with Crippen LogP contribution in [0.3, 0.4) is 0 Å². The Morgan fingerprint density at radius 1 is 1.36 bits per heavy atom. The molecule has 0 saturated carbocycles. The van der Waals surface area contributed by atoms with Crippen molar-refractivity contribution in [1.82, 2.24) is 9.97 Å². The van der Waals surface area contributed by atoms with Crippen LogP contribution in [-0.2, 0) is 17.6 Å². The van der Waals surface area contributed by atoms with E-state index < -0.39 is 5.97 Å². The molecule has 3 aromatic rings. The molecule has 4 rings (SSSR count). The predicted octanol–water partition coefficient (Wildman–Crippen LogP) is 4.25. The standard InChI is InChI=1S/C20H19N3O3S2/c1-11-5-6-14-15(7-11)28-19-17(14)18(21-10-22-19)27-9-16(24)23-13-4-2-3-12(8-13)20(25)26/h2-4,8,10-11H,5-7,9H2,1H3,(H,23,24)(H,25,26). The van der Waals surface area contributed by atoms with E-state index in [4.69, 9.17) is 5.11 Å². The van der Waals surface area contributed by atoms with Gasteiger partial charge in [-0.25, -0.2) is 14.8 Å². The molecule has 1 atom stereocenters. The number of nitrogens with zero attached hydrogens (tertiary/aromatic N) is 2. The van der Waals surface area contributed by atoms with Crippen molar-refractivity contribution in [2.24, 2.45) is 5.92 Å². The van der Waals surface area contributed by atoms with Gasteiger partial charge in [-0.05, 0) is 48.9 Å². The van der Waals surface area contributed by atoms with Crippen LogP contribution in [0.25, 0.3) is 10.2 Å². The second-order valence-corrected chi connectivity index (χ2v) is 8.98. The molecule has 2 aromatic heterocycles. The normalized spacial score (nSPS) is 16.0. The summed E-state index contributed by atoms with van der Waals surface area (Å²) in [5, 5.41) is 13.7. The molecule has 1 aliphatic carbocycles. The second kappa shape index (κ2) is 7.89.